The first-order chi connectivity index (χ1) is 17.1. The predicted octanol–water partition coefficient (Wildman–Crippen LogP) is 3.05. The number of amides is 1. The zero-order valence-electron chi connectivity index (χ0n) is 20.3. The maximum absolute atomic E-state index is 13.4. The van der Waals surface area contributed by atoms with Crippen molar-refractivity contribution >= 4 is 12.0 Å². The number of hydrogen-bond acceptors (Lipinski definition) is 4. The van der Waals surface area contributed by atoms with E-state index >= 15 is 0 Å². The fourth-order valence-electron chi connectivity index (χ4n) is 4.65. The maximum Gasteiger partial charge on any atom is 0.247 e. The third-order valence-corrected chi connectivity index (χ3v) is 6.47. The number of hydrogen-bond donors (Lipinski definition) is 2. The SMILES string of the molecule is COc1cc(C[C@H]2C[NH2+][C@@H](Cc3ccccc3)CN2C(=O)/C=C/c2ccccc2)cc(OC)c1O. The van der Waals surface area contributed by atoms with Crippen LogP contribution in [0.3, 0.4) is 0 Å². The van der Waals surface area contributed by atoms with Crippen LogP contribution >= 0.6 is 0 Å². The van der Waals surface area contributed by atoms with Crippen molar-refractivity contribution in [2.75, 3.05) is 27.3 Å². The standard InChI is InChI=1S/C29H32N2O4/c1-34-26-17-23(18-27(35-2)29(26)33)16-25-19-30-24(15-22-11-7-4-8-12-22)20-31(25)28(32)14-13-21-9-5-3-6-10-21/h3-14,17-18,24-25,30,33H,15-16,19-20H2,1-2H3/p+1/b14-13+/t24-,25-/m0/s1. The summed E-state index contributed by atoms with van der Waals surface area (Å²) < 4.78 is 10.7. The largest absolute Gasteiger partial charge is 0.502 e. The van der Waals surface area contributed by atoms with Crippen molar-refractivity contribution in [3.8, 4) is 17.2 Å². The molecule has 3 aromatic rings. The molecule has 1 fully saturated rings. The number of phenols is 1. The smallest absolute Gasteiger partial charge is 0.247 e. The van der Waals surface area contributed by atoms with Gasteiger partial charge in [0.2, 0.25) is 11.7 Å². The number of rotatable bonds is 8. The number of nitrogens with zero attached hydrogens (tertiary/aromatic N) is 1. The molecule has 3 N–H and O–H groups in total. The van der Waals surface area contributed by atoms with E-state index < -0.39 is 0 Å². The van der Waals surface area contributed by atoms with Gasteiger partial charge in [0.15, 0.2) is 11.5 Å². The molecule has 0 radical (unpaired) electrons. The Morgan fingerprint density at radius 3 is 2.23 bits per heavy atom. The Labute approximate surface area is 206 Å². The van der Waals surface area contributed by atoms with Crippen LogP contribution in [0.5, 0.6) is 17.2 Å². The predicted molar refractivity (Wildman–Crippen MR) is 137 cm³/mol. The zero-order valence-corrected chi connectivity index (χ0v) is 20.3. The van der Waals surface area contributed by atoms with Gasteiger partial charge in [-0.15, -0.1) is 0 Å². The molecule has 6 nitrogen and oxygen atoms in total. The normalized spacial score (nSPS) is 17.9. The van der Waals surface area contributed by atoms with Crippen LogP contribution in [-0.2, 0) is 17.6 Å². The number of benzene rings is 3. The topological polar surface area (TPSA) is 75.6 Å². The highest BCUT2D eigenvalue weighted by Gasteiger charge is 2.33. The second-order valence-electron chi connectivity index (χ2n) is 8.86. The van der Waals surface area contributed by atoms with E-state index in [9.17, 15) is 9.90 Å². The Balaban J connectivity index is 1.56. The zero-order chi connectivity index (χ0) is 24.6. The third-order valence-electron chi connectivity index (χ3n) is 6.47. The number of carbonyl (C=O) groups is 1. The van der Waals surface area contributed by atoms with Gasteiger partial charge in [-0.2, -0.15) is 0 Å². The van der Waals surface area contributed by atoms with Gasteiger partial charge < -0.3 is 24.8 Å². The number of ether oxygens (including phenoxy) is 2. The molecule has 4 rings (SSSR count). The van der Waals surface area contributed by atoms with Crippen LogP contribution in [0.1, 0.15) is 16.7 Å². The number of piperazine rings is 1. The van der Waals surface area contributed by atoms with Gasteiger partial charge in [-0.3, -0.25) is 4.79 Å². The molecule has 1 aliphatic rings. The fourth-order valence-corrected chi connectivity index (χ4v) is 4.65. The van der Waals surface area contributed by atoms with E-state index in [2.05, 4.69) is 29.6 Å². The molecule has 0 bridgehead atoms. The van der Waals surface area contributed by atoms with Crippen molar-refractivity contribution in [3.05, 3.63) is 95.6 Å². The van der Waals surface area contributed by atoms with Gasteiger partial charge in [-0.05, 0) is 41.3 Å². The molecular formula is C29H33N2O4+. The van der Waals surface area contributed by atoms with Crippen LogP contribution < -0.4 is 14.8 Å². The highest BCUT2D eigenvalue weighted by Crippen LogP contribution is 2.37. The number of nitrogens with two attached hydrogens (primary N) is 1. The Kier molecular flexibility index (Phi) is 8.06. The third kappa shape index (κ3) is 6.22. The van der Waals surface area contributed by atoms with E-state index in [1.54, 1.807) is 6.08 Å². The summed E-state index contributed by atoms with van der Waals surface area (Å²) in [6.45, 7) is 1.44. The molecular weight excluding hydrogens is 440 g/mol. The highest BCUT2D eigenvalue weighted by atomic mass is 16.5. The summed E-state index contributed by atoms with van der Waals surface area (Å²) in [4.78, 5) is 15.4. The van der Waals surface area contributed by atoms with Gasteiger partial charge >= 0.3 is 0 Å². The lowest BCUT2D eigenvalue weighted by Crippen LogP contribution is -2.97. The number of methoxy groups -OCH3 is 2. The molecule has 1 aliphatic heterocycles. The van der Waals surface area contributed by atoms with Gasteiger partial charge in [0, 0.05) is 12.5 Å². The second-order valence-corrected chi connectivity index (χ2v) is 8.86. The van der Waals surface area contributed by atoms with Gasteiger partial charge in [0.25, 0.3) is 0 Å². The van der Waals surface area contributed by atoms with E-state index in [0.29, 0.717) is 24.5 Å². The average molecular weight is 474 g/mol. The van der Waals surface area contributed by atoms with Crippen LogP contribution in [0.15, 0.2) is 78.9 Å². The summed E-state index contributed by atoms with van der Waals surface area (Å²) >= 11 is 0. The number of carbonyl (C=O) groups excluding carboxylic acids is 1. The summed E-state index contributed by atoms with van der Waals surface area (Å²) in [5, 5.41) is 12.6. The van der Waals surface area contributed by atoms with Gasteiger partial charge in [0.1, 0.15) is 6.04 Å². The lowest BCUT2D eigenvalue weighted by Gasteiger charge is -2.38. The molecule has 0 aliphatic carbocycles. The Hall–Kier alpha value is -3.77. The molecule has 6 heteroatoms. The van der Waals surface area contributed by atoms with E-state index in [1.165, 1.54) is 19.8 Å². The van der Waals surface area contributed by atoms with Crippen LogP contribution in [0.4, 0.5) is 0 Å². The van der Waals surface area contributed by atoms with Crippen molar-refractivity contribution in [1.29, 1.82) is 0 Å². The summed E-state index contributed by atoms with van der Waals surface area (Å²) in [6, 6.07) is 24.2. The Morgan fingerprint density at radius 2 is 1.60 bits per heavy atom. The number of aromatic hydroxyl groups is 1. The summed E-state index contributed by atoms with van der Waals surface area (Å²) in [5.41, 5.74) is 3.21. The Morgan fingerprint density at radius 1 is 0.971 bits per heavy atom. The minimum atomic E-state index is -0.0180. The monoisotopic (exact) mass is 473 g/mol. The minimum Gasteiger partial charge on any atom is -0.502 e. The van der Waals surface area contributed by atoms with Gasteiger partial charge in [0.05, 0.1) is 33.4 Å². The quantitative estimate of drug-likeness (QED) is 0.493. The molecule has 1 heterocycles. The number of phenolic OH excluding ortho intramolecular Hbond substituents is 1. The van der Waals surface area contributed by atoms with Crippen molar-refractivity contribution in [3.63, 3.8) is 0 Å². The summed E-state index contributed by atoms with van der Waals surface area (Å²) in [7, 11) is 3.04. The van der Waals surface area contributed by atoms with Crippen LogP contribution in [0.25, 0.3) is 6.08 Å². The van der Waals surface area contributed by atoms with E-state index in [4.69, 9.17) is 9.47 Å². The second kappa shape index (κ2) is 11.6. The molecule has 1 amide bonds. The first-order valence-corrected chi connectivity index (χ1v) is 11.9. The van der Waals surface area contributed by atoms with Gasteiger partial charge in [-0.25, -0.2) is 0 Å². The van der Waals surface area contributed by atoms with Gasteiger partial charge in [-0.1, -0.05) is 60.7 Å². The molecule has 0 saturated carbocycles. The lowest BCUT2D eigenvalue weighted by molar-refractivity contribution is -0.701. The highest BCUT2D eigenvalue weighted by molar-refractivity contribution is 5.92. The molecule has 0 aromatic heterocycles. The van der Waals surface area contributed by atoms with Crippen LogP contribution in [-0.4, -0.2) is 55.3 Å². The minimum absolute atomic E-state index is 0.00252. The summed E-state index contributed by atoms with van der Waals surface area (Å²) in [6.07, 6.45) is 5.08. The first kappa shape index (κ1) is 24.4. The first-order valence-electron chi connectivity index (χ1n) is 11.9. The van der Waals surface area contributed by atoms with Crippen molar-refractivity contribution < 1.29 is 24.7 Å². The fraction of sp³-hybridized carbons (Fsp3) is 0.276. The number of quaternary nitrogens is 1. The molecule has 3 aromatic carbocycles. The maximum atomic E-state index is 13.4. The van der Waals surface area contributed by atoms with E-state index in [-0.39, 0.29) is 23.7 Å². The van der Waals surface area contributed by atoms with Crippen LogP contribution in [0.2, 0.25) is 0 Å². The molecule has 182 valence electrons. The summed E-state index contributed by atoms with van der Waals surface area (Å²) in [5.74, 6) is 0.712. The van der Waals surface area contributed by atoms with Crippen molar-refractivity contribution in [1.82, 2.24) is 4.90 Å². The molecule has 0 unspecified atom stereocenters. The molecule has 2 atom stereocenters. The van der Waals surface area contributed by atoms with Crippen molar-refractivity contribution in [2.45, 2.75) is 24.9 Å². The molecule has 35 heavy (non-hydrogen) atoms. The Bertz CT molecular complexity index is 1120. The molecule has 0 spiro atoms. The average Bonchev–Trinajstić information content (AvgIpc) is 2.90. The van der Waals surface area contributed by atoms with E-state index in [1.807, 2.05) is 59.5 Å². The van der Waals surface area contributed by atoms with Crippen LogP contribution in [0, 0.1) is 0 Å². The molecule has 1 saturated heterocycles. The lowest BCUT2D eigenvalue weighted by atomic mass is 9.97. The van der Waals surface area contributed by atoms with E-state index in [0.717, 1.165) is 24.1 Å². The van der Waals surface area contributed by atoms with Crippen molar-refractivity contribution in [2.24, 2.45) is 0 Å².